The van der Waals surface area contributed by atoms with Gasteiger partial charge in [0, 0.05) is 18.1 Å². The second-order valence-corrected chi connectivity index (χ2v) is 6.42. The molecule has 0 atom stereocenters. The van der Waals surface area contributed by atoms with Crippen LogP contribution in [-0.4, -0.2) is 40.5 Å². The van der Waals surface area contributed by atoms with Crippen molar-refractivity contribution in [1.82, 2.24) is 9.97 Å². The number of nitrogens with one attached hydrogen (secondary N) is 1. The Labute approximate surface area is 166 Å². The van der Waals surface area contributed by atoms with E-state index in [2.05, 4.69) is 15.3 Å². The van der Waals surface area contributed by atoms with Gasteiger partial charge in [0.15, 0.2) is 6.61 Å². The SMILES string of the molecule is CC(C)OC(=O)c1ccc(NC(=O)COC(=O)c2ccc3nccnc3c2)cc1. The molecule has 148 valence electrons. The third kappa shape index (κ3) is 5.35. The van der Waals surface area contributed by atoms with Crippen LogP contribution in [0, 0.1) is 0 Å². The second kappa shape index (κ2) is 8.92. The summed E-state index contributed by atoms with van der Waals surface area (Å²) in [4.78, 5) is 44.2. The molecule has 1 N–H and O–H groups in total. The smallest absolute Gasteiger partial charge is 0.338 e. The van der Waals surface area contributed by atoms with Gasteiger partial charge >= 0.3 is 11.9 Å². The molecule has 1 amide bonds. The van der Waals surface area contributed by atoms with Crippen LogP contribution in [0.4, 0.5) is 5.69 Å². The molecule has 0 radical (unpaired) electrons. The number of carbonyl (C=O) groups excluding carboxylic acids is 3. The van der Waals surface area contributed by atoms with Crippen molar-refractivity contribution in [2.75, 3.05) is 11.9 Å². The number of hydrogen-bond acceptors (Lipinski definition) is 7. The Bertz CT molecular complexity index is 1050. The number of rotatable bonds is 6. The maximum absolute atomic E-state index is 12.2. The standard InChI is InChI=1S/C21H19N3O5/c1-13(2)29-21(27)14-3-6-16(7-4-14)24-19(25)12-28-20(26)15-5-8-17-18(11-15)23-10-9-22-17/h3-11,13H,12H2,1-2H3,(H,24,25). The Kier molecular flexibility index (Phi) is 6.13. The zero-order valence-electron chi connectivity index (χ0n) is 15.9. The highest BCUT2D eigenvalue weighted by Crippen LogP contribution is 2.13. The first-order valence-electron chi connectivity index (χ1n) is 8.91. The van der Waals surface area contributed by atoms with Crippen molar-refractivity contribution in [3.05, 3.63) is 66.0 Å². The van der Waals surface area contributed by atoms with Gasteiger partial charge in [-0.15, -0.1) is 0 Å². The number of esters is 2. The van der Waals surface area contributed by atoms with Crippen LogP contribution in [0.1, 0.15) is 34.6 Å². The van der Waals surface area contributed by atoms with E-state index in [4.69, 9.17) is 9.47 Å². The van der Waals surface area contributed by atoms with Crippen molar-refractivity contribution >= 4 is 34.6 Å². The van der Waals surface area contributed by atoms with E-state index in [1.54, 1.807) is 62.5 Å². The van der Waals surface area contributed by atoms with E-state index < -0.39 is 24.5 Å². The van der Waals surface area contributed by atoms with Crippen molar-refractivity contribution in [1.29, 1.82) is 0 Å². The molecule has 0 unspecified atom stereocenters. The van der Waals surface area contributed by atoms with Crippen molar-refractivity contribution < 1.29 is 23.9 Å². The molecule has 0 saturated heterocycles. The van der Waals surface area contributed by atoms with E-state index in [1.807, 2.05) is 0 Å². The van der Waals surface area contributed by atoms with Gasteiger partial charge in [0.2, 0.25) is 0 Å². The summed E-state index contributed by atoms with van der Waals surface area (Å²) >= 11 is 0. The molecule has 3 rings (SSSR count). The van der Waals surface area contributed by atoms with Gasteiger partial charge in [0.05, 0.1) is 28.3 Å². The number of hydrogen-bond donors (Lipinski definition) is 1. The third-order valence-electron chi connectivity index (χ3n) is 3.79. The van der Waals surface area contributed by atoms with Gasteiger partial charge in [-0.1, -0.05) is 0 Å². The lowest BCUT2D eigenvalue weighted by Gasteiger charge is -2.09. The molecule has 8 heteroatoms. The fourth-order valence-electron chi connectivity index (χ4n) is 2.47. The van der Waals surface area contributed by atoms with E-state index >= 15 is 0 Å². The minimum atomic E-state index is -0.639. The number of carbonyl (C=O) groups is 3. The summed E-state index contributed by atoms with van der Waals surface area (Å²) in [5.74, 6) is -1.58. The van der Waals surface area contributed by atoms with Crippen LogP contribution in [-0.2, 0) is 14.3 Å². The summed E-state index contributed by atoms with van der Waals surface area (Å²) in [5.41, 5.74) is 2.33. The van der Waals surface area contributed by atoms with Crippen LogP contribution in [0.5, 0.6) is 0 Å². The highest BCUT2D eigenvalue weighted by atomic mass is 16.5. The number of amides is 1. The third-order valence-corrected chi connectivity index (χ3v) is 3.79. The minimum absolute atomic E-state index is 0.216. The van der Waals surface area contributed by atoms with E-state index in [9.17, 15) is 14.4 Å². The molecule has 0 bridgehead atoms. The number of benzene rings is 2. The number of aromatic nitrogens is 2. The molecule has 0 aliphatic carbocycles. The Morgan fingerprint density at radius 2 is 1.55 bits per heavy atom. The average molecular weight is 393 g/mol. The predicted octanol–water partition coefficient (Wildman–Crippen LogP) is 2.99. The molecule has 2 aromatic carbocycles. The van der Waals surface area contributed by atoms with Gasteiger partial charge < -0.3 is 14.8 Å². The molecule has 0 spiro atoms. The molecule has 29 heavy (non-hydrogen) atoms. The maximum atomic E-state index is 12.2. The summed E-state index contributed by atoms with van der Waals surface area (Å²) in [6.07, 6.45) is 2.87. The minimum Gasteiger partial charge on any atom is -0.459 e. The summed E-state index contributed by atoms with van der Waals surface area (Å²) in [6.45, 7) is 3.08. The highest BCUT2D eigenvalue weighted by molar-refractivity contribution is 5.97. The monoisotopic (exact) mass is 393 g/mol. The summed E-state index contributed by atoms with van der Waals surface area (Å²) in [6, 6.07) is 11.0. The summed E-state index contributed by atoms with van der Waals surface area (Å²) in [5, 5.41) is 2.59. The first kappa shape index (κ1) is 19.9. The number of anilines is 1. The number of ether oxygens (including phenoxy) is 2. The Morgan fingerprint density at radius 1 is 0.897 bits per heavy atom. The van der Waals surface area contributed by atoms with Crippen LogP contribution < -0.4 is 5.32 Å². The second-order valence-electron chi connectivity index (χ2n) is 6.42. The summed E-state index contributed by atoms with van der Waals surface area (Å²) < 4.78 is 10.1. The zero-order chi connectivity index (χ0) is 20.8. The first-order valence-corrected chi connectivity index (χ1v) is 8.91. The molecular formula is C21H19N3O5. The molecule has 0 fully saturated rings. The summed E-state index contributed by atoms with van der Waals surface area (Å²) in [7, 11) is 0. The van der Waals surface area contributed by atoms with Crippen LogP contribution in [0.3, 0.4) is 0 Å². The number of fused-ring (bicyclic) bond motifs is 1. The molecule has 1 aromatic heterocycles. The van der Waals surface area contributed by atoms with E-state index in [-0.39, 0.29) is 11.7 Å². The van der Waals surface area contributed by atoms with Gasteiger partial charge in [-0.05, 0) is 56.3 Å². The normalized spacial score (nSPS) is 10.6. The molecule has 0 aliphatic rings. The molecule has 0 aliphatic heterocycles. The maximum Gasteiger partial charge on any atom is 0.338 e. The zero-order valence-corrected chi connectivity index (χ0v) is 15.9. The largest absolute Gasteiger partial charge is 0.459 e. The lowest BCUT2D eigenvalue weighted by atomic mass is 10.2. The van der Waals surface area contributed by atoms with Crippen molar-refractivity contribution in [2.45, 2.75) is 20.0 Å². The predicted molar refractivity (Wildman–Crippen MR) is 105 cm³/mol. The van der Waals surface area contributed by atoms with E-state index in [0.717, 1.165) is 0 Å². The molecule has 3 aromatic rings. The van der Waals surface area contributed by atoms with Crippen molar-refractivity contribution in [2.24, 2.45) is 0 Å². The van der Waals surface area contributed by atoms with Gasteiger partial charge in [0.25, 0.3) is 5.91 Å². The van der Waals surface area contributed by atoms with Crippen molar-refractivity contribution in [3.63, 3.8) is 0 Å². The number of nitrogens with zero attached hydrogens (tertiary/aromatic N) is 2. The fourth-order valence-corrected chi connectivity index (χ4v) is 2.47. The van der Waals surface area contributed by atoms with Gasteiger partial charge in [-0.3, -0.25) is 14.8 Å². The van der Waals surface area contributed by atoms with Crippen molar-refractivity contribution in [3.8, 4) is 0 Å². The Balaban J connectivity index is 1.53. The average Bonchev–Trinajstić information content (AvgIpc) is 2.71. The van der Waals surface area contributed by atoms with E-state index in [0.29, 0.717) is 22.3 Å². The molecule has 0 saturated carbocycles. The molecule has 8 nitrogen and oxygen atoms in total. The van der Waals surface area contributed by atoms with E-state index in [1.165, 1.54) is 6.20 Å². The van der Waals surface area contributed by atoms with Crippen LogP contribution >= 0.6 is 0 Å². The van der Waals surface area contributed by atoms with Crippen LogP contribution in [0.2, 0.25) is 0 Å². The molecular weight excluding hydrogens is 374 g/mol. The van der Waals surface area contributed by atoms with Gasteiger partial charge in [-0.2, -0.15) is 0 Å². The van der Waals surface area contributed by atoms with Gasteiger partial charge in [0.1, 0.15) is 0 Å². The van der Waals surface area contributed by atoms with Crippen LogP contribution in [0.25, 0.3) is 11.0 Å². The fraction of sp³-hybridized carbons (Fsp3) is 0.190. The molecule has 1 heterocycles. The van der Waals surface area contributed by atoms with Crippen LogP contribution in [0.15, 0.2) is 54.9 Å². The quantitative estimate of drug-likeness (QED) is 0.642. The van der Waals surface area contributed by atoms with Gasteiger partial charge in [-0.25, -0.2) is 9.59 Å². The highest BCUT2D eigenvalue weighted by Gasteiger charge is 2.13. The Morgan fingerprint density at radius 3 is 2.24 bits per heavy atom. The lowest BCUT2D eigenvalue weighted by Crippen LogP contribution is -2.21. The lowest BCUT2D eigenvalue weighted by molar-refractivity contribution is -0.119. The topological polar surface area (TPSA) is 107 Å². The Hall–Kier alpha value is -3.81. The first-order chi connectivity index (χ1) is 13.9.